The number of nitrogens with zero attached hydrogens (tertiary/aromatic N) is 3. The Morgan fingerprint density at radius 3 is 2.74 bits per heavy atom. The van der Waals surface area contributed by atoms with Crippen LogP contribution in [-0.4, -0.2) is 26.4 Å². The Morgan fingerprint density at radius 2 is 2.03 bits per heavy atom. The summed E-state index contributed by atoms with van der Waals surface area (Å²) in [6, 6.07) is 8.89. The van der Waals surface area contributed by atoms with Crippen LogP contribution in [0.15, 0.2) is 54.2 Å². The molecule has 0 aliphatic rings. The zero-order valence-corrected chi connectivity index (χ0v) is 18.0. The number of benzene rings is 2. The number of aromatic nitrogens is 3. The summed E-state index contributed by atoms with van der Waals surface area (Å²) in [6.07, 6.45) is 1.70. The highest BCUT2D eigenvalue weighted by Gasteiger charge is 2.15. The number of amides is 1. The Kier molecular flexibility index (Phi) is 7.41. The maximum Gasteiger partial charge on any atom is 0.234 e. The first kappa shape index (κ1) is 22.5. The van der Waals surface area contributed by atoms with Gasteiger partial charge in [-0.15, -0.1) is 16.8 Å². The van der Waals surface area contributed by atoms with Crippen LogP contribution in [0, 0.1) is 25.5 Å². The maximum absolute atomic E-state index is 13.7. The van der Waals surface area contributed by atoms with E-state index in [1.165, 1.54) is 6.07 Å². The Labute approximate surface area is 183 Å². The van der Waals surface area contributed by atoms with Gasteiger partial charge in [-0.3, -0.25) is 9.36 Å². The number of allylic oxidation sites excluding steroid dienone is 1. The van der Waals surface area contributed by atoms with Gasteiger partial charge in [0.25, 0.3) is 0 Å². The second kappa shape index (κ2) is 10.2. The number of halogens is 2. The molecule has 0 saturated carbocycles. The van der Waals surface area contributed by atoms with E-state index in [1.54, 1.807) is 10.6 Å². The standard InChI is InChI=1S/C22H22F2N4O2S/c1-4-9-28-20(12-30-19-8-5-14(2)10-15(19)3)26-27-22(28)31-13-21(29)25-18-7-6-16(23)11-17(18)24/h4-8,10-11H,1,9,12-13H2,2-3H3,(H,25,29). The maximum atomic E-state index is 13.7. The fourth-order valence-corrected chi connectivity index (χ4v) is 3.62. The molecular formula is C22H22F2N4O2S. The molecule has 0 saturated heterocycles. The lowest BCUT2D eigenvalue weighted by Gasteiger charge is -2.11. The average molecular weight is 445 g/mol. The molecule has 2 aromatic carbocycles. The lowest BCUT2D eigenvalue weighted by molar-refractivity contribution is -0.113. The number of ether oxygens (including phenoxy) is 1. The van der Waals surface area contributed by atoms with E-state index in [-0.39, 0.29) is 18.0 Å². The van der Waals surface area contributed by atoms with Crippen LogP contribution in [0.3, 0.4) is 0 Å². The largest absolute Gasteiger partial charge is 0.485 e. The fourth-order valence-electron chi connectivity index (χ4n) is 2.86. The summed E-state index contributed by atoms with van der Waals surface area (Å²) in [5.74, 6) is -0.668. The van der Waals surface area contributed by atoms with Gasteiger partial charge in [0.15, 0.2) is 11.0 Å². The van der Waals surface area contributed by atoms with Gasteiger partial charge in [0.05, 0.1) is 11.4 Å². The first-order valence-corrected chi connectivity index (χ1v) is 10.5. The van der Waals surface area contributed by atoms with Crippen molar-refractivity contribution in [3.8, 4) is 5.75 Å². The van der Waals surface area contributed by atoms with E-state index in [4.69, 9.17) is 4.74 Å². The summed E-state index contributed by atoms with van der Waals surface area (Å²) < 4.78 is 34.4. The van der Waals surface area contributed by atoms with Crippen molar-refractivity contribution in [1.82, 2.24) is 14.8 Å². The Bertz CT molecular complexity index is 1100. The zero-order valence-electron chi connectivity index (χ0n) is 17.2. The average Bonchev–Trinajstić information content (AvgIpc) is 3.10. The lowest BCUT2D eigenvalue weighted by atomic mass is 10.1. The van der Waals surface area contributed by atoms with Gasteiger partial charge in [-0.1, -0.05) is 35.5 Å². The molecule has 0 radical (unpaired) electrons. The van der Waals surface area contributed by atoms with Crippen molar-refractivity contribution >= 4 is 23.4 Å². The lowest BCUT2D eigenvalue weighted by Crippen LogP contribution is -2.16. The van der Waals surface area contributed by atoms with Gasteiger partial charge >= 0.3 is 0 Å². The van der Waals surface area contributed by atoms with E-state index in [0.29, 0.717) is 23.6 Å². The van der Waals surface area contributed by atoms with E-state index in [9.17, 15) is 13.6 Å². The molecule has 3 rings (SSSR count). The van der Waals surface area contributed by atoms with Crippen LogP contribution in [0.2, 0.25) is 0 Å². The molecule has 162 valence electrons. The van der Waals surface area contributed by atoms with Crippen LogP contribution >= 0.6 is 11.8 Å². The van der Waals surface area contributed by atoms with Crippen molar-refractivity contribution in [3.05, 3.63) is 77.6 Å². The first-order valence-electron chi connectivity index (χ1n) is 9.48. The Hall–Kier alpha value is -3.20. The van der Waals surface area contributed by atoms with Crippen molar-refractivity contribution in [2.24, 2.45) is 0 Å². The van der Waals surface area contributed by atoms with Gasteiger partial charge in [0.2, 0.25) is 5.91 Å². The van der Waals surface area contributed by atoms with Crippen LogP contribution in [0.1, 0.15) is 17.0 Å². The van der Waals surface area contributed by atoms with Gasteiger partial charge in [-0.25, -0.2) is 8.78 Å². The van der Waals surface area contributed by atoms with Gasteiger partial charge in [0.1, 0.15) is 24.0 Å². The summed E-state index contributed by atoms with van der Waals surface area (Å²) in [6.45, 7) is 8.38. The monoisotopic (exact) mass is 444 g/mol. The molecule has 6 nitrogen and oxygen atoms in total. The van der Waals surface area contributed by atoms with Gasteiger partial charge in [-0.2, -0.15) is 0 Å². The Balaban J connectivity index is 1.64. The topological polar surface area (TPSA) is 69.0 Å². The SMILES string of the molecule is C=CCn1c(COc2ccc(C)cc2C)nnc1SCC(=O)Nc1ccc(F)cc1F. The smallest absolute Gasteiger partial charge is 0.234 e. The van der Waals surface area contributed by atoms with E-state index in [0.717, 1.165) is 34.7 Å². The third-order valence-corrected chi connectivity index (χ3v) is 5.30. The molecule has 0 fully saturated rings. The summed E-state index contributed by atoms with van der Waals surface area (Å²) in [5.41, 5.74) is 2.09. The van der Waals surface area contributed by atoms with Crippen LogP contribution in [0.5, 0.6) is 5.75 Å². The van der Waals surface area contributed by atoms with Crippen LogP contribution in [-0.2, 0) is 17.9 Å². The molecule has 3 aromatic rings. The number of aryl methyl sites for hydroxylation is 2. The van der Waals surface area contributed by atoms with Crippen LogP contribution in [0.4, 0.5) is 14.5 Å². The highest BCUT2D eigenvalue weighted by atomic mass is 32.2. The highest BCUT2D eigenvalue weighted by molar-refractivity contribution is 7.99. The van der Waals surface area contributed by atoms with Crippen LogP contribution < -0.4 is 10.1 Å². The Morgan fingerprint density at radius 1 is 1.23 bits per heavy atom. The molecule has 0 atom stereocenters. The molecule has 0 aliphatic heterocycles. The summed E-state index contributed by atoms with van der Waals surface area (Å²) in [4.78, 5) is 12.2. The number of hydrogen-bond donors (Lipinski definition) is 1. The molecule has 0 spiro atoms. The van der Waals surface area contributed by atoms with Crippen molar-refractivity contribution in [3.63, 3.8) is 0 Å². The number of anilines is 1. The molecule has 1 N–H and O–H groups in total. The quantitative estimate of drug-likeness (QED) is 0.384. The van der Waals surface area contributed by atoms with Crippen molar-refractivity contribution < 1.29 is 18.3 Å². The molecule has 0 bridgehead atoms. The normalized spacial score (nSPS) is 10.7. The molecule has 0 aliphatic carbocycles. The number of carbonyl (C=O) groups excluding carboxylic acids is 1. The van der Waals surface area contributed by atoms with Gasteiger partial charge in [0, 0.05) is 12.6 Å². The van der Waals surface area contributed by atoms with Crippen LogP contribution in [0.25, 0.3) is 0 Å². The molecule has 1 heterocycles. The summed E-state index contributed by atoms with van der Waals surface area (Å²) in [5, 5.41) is 11.2. The number of rotatable bonds is 9. The second-order valence-electron chi connectivity index (χ2n) is 6.82. The molecule has 31 heavy (non-hydrogen) atoms. The second-order valence-corrected chi connectivity index (χ2v) is 7.76. The van der Waals surface area contributed by atoms with E-state index < -0.39 is 17.5 Å². The zero-order chi connectivity index (χ0) is 22.4. The molecule has 0 unspecified atom stereocenters. The summed E-state index contributed by atoms with van der Waals surface area (Å²) in [7, 11) is 0. The minimum atomic E-state index is -0.834. The van der Waals surface area contributed by atoms with E-state index in [1.807, 2.05) is 32.0 Å². The minimum absolute atomic E-state index is 0.0238. The van der Waals surface area contributed by atoms with Gasteiger partial charge in [-0.05, 0) is 37.6 Å². The highest BCUT2D eigenvalue weighted by Crippen LogP contribution is 2.22. The van der Waals surface area contributed by atoms with Crippen molar-refractivity contribution in [1.29, 1.82) is 0 Å². The van der Waals surface area contributed by atoms with E-state index >= 15 is 0 Å². The predicted octanol–water partition coefficient (Wildman–Crippen LogP) is 4.67. The number of carbonyl (C=O) groups is 1. The van der Waals surface area contributed by atoms with E-state index in [2.05, 4.69) is 22.1 Å². The fraction of sp³-hybridized carbons (Fsp3) is 0.227. The molecular weight excluding hydrogens is 422 g/mol. The van der Waals surface area contributed by atoms with Gasteiger partial charge < -0.3 is 10.1 Å². The van der Waals surface area contributed by atoms with Crippen molar-refractivity contribution in [2.75, 3.05) is 11.1 Å². The third-order valence-electron chi connectivity index (χ3n) is 4.33. The first-order chi connectivity index (χ1) is 14.9. The molecule has 9 heteroatoms. The number of thioether (sulfide) groups is 1. The molecule has 1 aromatic heterocycles. The molecule has 1 amide bonds. The third kappa shape index (κ3) is 5.91. The summed E-state index contributed by atoms with van der Waals surface area (Å²) >= 11 is 1.15. The predicted molar refractivity (Wildman–Crippen MR) is 116 cm³/mol. The number of hydrogen-bond acceptors (Lipinski definition) is 5. The minimum Gasteiger partial charge on any atom is -0.485 e. The van der Waals surface area contributed by atoms with Crippen molar-refractivity contribution in [2.45, 2.75) is 32.2 Å². The number of nitrogens with one attached hydrogen (secondary N) is 1.